The maximum atomic E-state index is 3.63. The Morgan fingerprint density at radius 1 is 0.900 bits per heavy atom. The van der Waals surface area contributed by atoms with Crippen LogP contribution in [0.15, 0.2) is 34.8 Å². The molecule has 0 fully saturated rings. The summed E-state index contributed by atoms with van der Waals surface area (Å²) in [5.74, 6) is 0. The first-order valence-electron chi connectivity index (χ1n) is 6.99. The number of benzene rings is 2. The summed E-state index contributed by atoms with van der Waals surface area (Å²) >= 11 is 3.63. The lowest BCUT2D eigenvalue weighted by molar-refractivity contribution is 0.861. The maximum Gasteiger partial charge on any atom is 0.0491 e. The van der Waals surface area contributed by atoms with Crippen molar-refractivity contribution in [2.24, 2.45) is 0 Å². The minimum atomic E-state index is 0.287. The van der Waals surface area contributed by atoms with Crippen LogP contribution in [0.3, 0.4) is 0 Å². The van der Waals surface area contributed by atoms with Crippen molar-refractivity contribution in [1.82, 2.24) is 0 Å². The second-order valence-electron chi connectivity index (χ2n) is 5.66. The first kappa shape index (κ1) is 15.1. The summed E-state index contributed by atoms with van der Waals surface area (Å²) in [6.07, 6.45) is 0. The molecule has 0 aliphatic rings. The molecule has 1 atom stereocenters. The lowest BCUT2D eigenvalue weighted by atomic mass is 9.94. The van der Waals surface area contributed by atoms with E-state index in [4.69, 9.17) is 0 Å². The Hall–Kier alpha value is -1.28. The Morgan fingerprint density at radius 2 is 1.50 bits per heavy atom. The quantitative estimate of drug-likeness (QED) is 0.743. The van der Waals surface area contributed by atoms with Gasteiger partial charge in [0.25, 0.3) is 0 Å². The molecular weight excluding hydrogens is 310 g/mol. The van der Waals surface area contributed by atoms with Gasteiger partial charge in [0, 0.05) is 16.2 Å². The molecule has 20 heavy (non-hydrogen) atoms. The number of hydrogen-bond acceptors (Lipinski definition) is 1. The van der Waals surface area contributed by atoms with Crippen molar-refractivity contribution in [1.29, 1.82) is 0 Å². The van der Waals surface area contributed by atoms with Gasteiger partial charge < -0.3 is 5.32 Å². The van der Waals surface area contributed by atoms with E-state index in [-0.39, 0.29) is 6.04 Å². The monoisotopic (exact) mass is 331 g/mol. The first-order valence-corrected chi connectivity index (χ1v) is 7.78. The van der Waals surface area contributed by atoms with Gasteiger partial charge in [-0.25, -0.2) is 0 Å². The smallest absolute Gasteiger partial charge is 0.0491 e. The van der Waals surface area contributed by atoms with Crippen molar-refractivity contribution in [3.8, 4) is 0 Å². The topological polar surface area (TPSA) is 12.0 Å². The van der Waals surface area contributed by atoms with Crippen LogP contribution in [-0.2, 0) is 0 Å². The fourth-order valence-electron chi connectivity index (χ4n) is 2.92. The molecule has 0 saturated heterocycles. The number of nitrogens with one attached hydrogen (secondary N) is 1. The van der Waals surface area contributed by atoms with Gasteiger partial charge in [0.2, 0.25) is 0 Å². The van der Waals surface area contributed by atoms with E-state index >= 15 is 0 Å². The summed E-state index contributed by atoms with van der Waals surface area (Å²) in [4.78, 5) is 0. The molecule has 0 saturated carbocycles. The normalized spacial score (nSPS) is 12.3. The highest BCUT2D eigenvalue weighted by atomic mass is 79.9. The molecule has 0 amide bonds. The summed E-state index contributed by atoms with van der Waals surface area (Å²) in [7, 11) is 0. The van der Waals surface area contributed by atoms with E-state index < -0.39 is 0 Å². The Bertz CT molecular complexity index is 608. The van der Waals surface area contributed by atoms with Crippen LogP contribution in [0, 0.1) is 27.7 Å². The van der Waals surface area contributed by atoms with Gasteiger partial charge in [-0.05, 0) is 84.9 Å². The van der Waals surface area contributed by atoms with E-state index in [0.29, 0.717) is 0 Å². The van der Waals surface area contributed by atoms with E-state index in [0.717, 1.165) is 10.2 Å². The van der Waals surface area contributed by atoms with Crippen molar-refractivity contribution < 1.29 is 0 Å². The van der Waals surface area contributed by atoms with Gasteiger partial charge in [0.05, 0.1) is 0 Å². The molecule has 2 aromatic rings. The predicted octanol–water partition coefficient (Wildman–Crippen LogP) is 5.86. The molecule has 2 aromatic carbocycles. The van der Waals surface area contributed by atoms with Gasteiger partial charge in [-0.1, -0.05) is 23.8 Å². The molecule has 1 N–H and O–H groups in total. The zero-order valence-electron chi connectivity index (χ0n) is 12.8. The van der Waals surface area contributed by atoms with Crippen LogP contribution in [0.5, 0.6) is 0 Å². The SMILES string of the molecule is Cc1cc(C)c(C(C)Nc2ccc(C)cc2Br)c(C)c1. The fraction of sp³-hybridized carbons (Fsp3) is 0.333. The summed E-state index contributed by atoms with van der Waals surface area (Å²) in [6.45, 7) is 10.9. The molecule has 2 heteroatoms. The van der Waals surface area contributed by atoms with E-state index in [2.05, 4.69) is 86.2 Å². The third-order valence-corrected chi connectivity index (χ3v) is 4.32. The molecule has 0 heterocycles. The number of halogens is 1. The first-order chi connectivity index (χ1) is 9.38. The number of aryl methyl sites for hydroxylation is 4. The summed E-state index contributed by atoms with van der Waals surface area (Å²) in [5.41, 5.74) is 7.83. The van der Waals surface area contributed by atoms with Crippen LogP contribution >= 0.6 is 15.9 Å². The third-order valence-electron chi connectivity index (χ3n) is 3.67. The van der Waals surface area contributed by atoms with Gasteiger partial charge >= 0.3 is 0 Å². The standard InChI is InChI=1S/C18H22BrN/c1-11-6-7-17(16(19)10-11)20-15(5)18-13(3)8-12(2)9-14(18)4/h6-10,15,20H,1-5H3. The fourth-order valence-corrected chi connectivity index (χ4v) is 3.52. The van der Waals surface area contributed by atoms with Crippen LogP contribution in [0.4, 0.5) is 5.69 Å². The van der Waals surface area contributed by atoms with Crippen LogP contribution in [0.25, 0.3) is 0 Å². The van der Waals surface area contributed by atoms with Gasteiger partial charge in [-0.15, -0.1) is 0 Å². The van der Waals surface area contributed by atoms with Gasteiger partial charge in [0.15, 0.2) is 0 Å². The van der Waals surface area contributed by atoms with Crippen LogP contribution in [0.1, 0.15) is 40.8 Å². The van der Waals surface area contributed by atoms with Crippen molar-refractivity contribution in [2.45, 2.75) is 40.7 Å². The maximum absolute atomic E-state index is 3.63. The Kier molecular flexibility index (Phi) is 4.54. The van der Waals surface area contributed by atoms with E-state index in [9.17, 15) is 0 Å². The molecule has 0 spiro atoms. The molecule has 1 unspecified atom stereocenters. The second kappa shape index (κ2) is 6.01. The summed E-state index contributed by atoms with van der Waals surface area (Å²) in [5, 5.41) is 3.61. The zero-order valence-corrected chi connectivity index (χ0v) is 14.4. The predicted molar refractivity (Wildman–Crippen MR) is 91.6 cm³/mol. The number of rotatable bonds is 3. The molecule has 0 aliphatic heterocycles. The van der Waals surface area contributed by atoms with Crippen LogP contribution in [-0.4, -0.2) is 0 Å². The van der Waals surface area contributed by atoms with Crippen molar-refractivity contribution in [2.75, 3.05) is 5.32 Å². The number of hydrogen-bond donors (Lipinski definition) is 1. The van der Waals surface area contributed by atoms with Gasteiger partial charge in [0.1, 0.15) is 0 Å². The van der Waals surface area contributed by atoms with Crippen LogP contribution < -0.4 is 5.32 Å². The highest BCUT2D eigenvalue weighted by molar-refractivity contribution is 9.10. The lowest BCUT2D eigenvalue weighted by Gasteiger charge is -2.21. The molecule has 0 radical (unpaired) electrons. The van der Waals surface area contributed by atoms with Crippen molar-refractivity contribution >= 4 is 21.6 Å². The average molecular weight is 332 g/mol. The van der Waals surface area contributed by atoms with Crippen molar-refractivity contribution in [3.05, 3.63) is 62.6 Å². The van der Waals surface area contributed by atoms with Gasteiger partial charge in [-0.2, -0.15) is 0 Å². The lowest BCUT2D eigenvalue weighted by Crippen LogP contribution is -2.10. The van der Waals surface area contributed by atoms with Gasteiger partial charge in [-0.3, -0.25) is 0 Å². The van der Waals surface area contributed by atoms with Crippen LogP contribution in [0.2, 0.25) is 0 Å². The minimum absolute atomic E-state index is 0.287. The largest absolute Gasteiger partial charge is 0.378 e. The minimum Gasteiger partial charge on any atom is -0.378 e. The van der Waals surface area contributed by atoms with E-state index in [1.54, 1.807) is 0 Å². The van der Waals surface area contributed by atoms with Crippen molar-refractivity contribution in [3.63, 3.8) is 0 Å². The summed E-state index contributed by atoms with van der Waals surface area (Å²) in [6, 6.07) is 11.2. The Labute approximate surface area is 130 Å². The summed E-state index contributed by atoms with van der Waals surface area (Å²) < 4.78 is 1.12. The second-order valence-corrected chi connectivity index (χ2v) is 6.52. The Morgan fingerprint density at radius 3 is 2.05 bits per heavy atom. The zero-order chi connectivity index (χ0) is 14.9. The molecule has 0 bridgehead atoms. The Balaban J connectivity index is 2.31. The van der Waals surface area contributed by atoms with E-state index in [1.165, 1.54) is 27.8 Å². The molecule has 1 nitrogen and oxygen atoms in total. The van der Waals surface area contributed by atoms with E-state index in [1.807, 2.05) is 0 Å². The molecule has 106 valence electrons. The molecule has 0 aromatic heterocycles. The highest BCUT2D eigenvalue weighted by Crippen LogP contribution is 2.30. The molecule has 2 rings (SSSR count). The average Bonchev–Trinajstić information content (AvgIpc) is 2.31. The number of anilines is 1. The molecule has 0 aliphatic carbocycles. The highest BCUT2D eigenvalue weighted by Gasteiger charge is 2.13. The molecular formula is C18H22BrN. The third kappa shape index (κ3) is 3.24.